The van der Waals surface area contributed by atoms with E-state index in [1.165, 1.54) is 50.7 Å². The van der Waals surface area contributed by atoms with E-state index in [9.17, 15) is 22.8 Å². The monoisotopic (exact) mass is 425 g/mol. The second-order valence-electron chi connectivity index (χ2n) is 9.17. The van der Waals surface area contributed by atoms with Crippen molar-refractivity contribution in [1.82, 2.24) is 5.32 Å². The summed E-state index contributed by atoms with van der Waals surface area (Å²) in [5.74, 6) is 1.11. The van der Waals surface area contributed by atoms with Gasteiger partial charge in [-0.05, 0) is 79.9 Å². The highest BCUT2D eigenvalue weighted by molar-refractivity contribution is 5.80. The SMILES string of the molecule is O=C(COC(=O)COc1cccc(C(F)(F)F)c1)NCC12CC3CC(CC(C3)C1)C2. The van der Waals surface area contributed by atoms with E-state index in [0.29, 0.717) is 6.54 Å². The van der Waals surface area contributed by atoms with Gasteiger partial charge in [0.1, 0.15) is 5.75 Å². The van der Waals surface area contributed by atoms with E-state index in [1.54, 1.807) is 0 Å². The Morgan fingerprint density at radius 3 is 2.27 bits per heavy atom. The van der Waals surface area contributed by atoms with Gasteiger partial charge in [-0.25, -0.2) is 4.79 Å². The molecule has 4 saturated carbocycles. The Morgan fingerprint density at radius 1 is 1.03 bits per heavy atom. The number of ether oxygens (including phenoxy) is 2. The Balaban J connectivity index is 1.18. The van der Waals surface area contributed by atoms with Gasteiger partial charge in [-0.2, -0.15) is 13.2 Å². The highest BCUT2D eigenvalue weighted by Gasteiger charge is 2.50. The van der Waals surface area contributed by atoms with Crippen molar-refractivity contribution < 1.29 is 32.2 Å². The zero-order valence-electron chi connectivity index (χ0n) is 16.7. The Morgan fingerprint density at radius 2 is 1.67 bits per heavy atom. The Labute approximate surface area is 173 Å². The van der Waals surface area contributed by atoms with Gasteiger partial charge in [-0.15, -0.1) is 0 Å². The van der Waals surface area contributed by atoms with Crippen LogP contribution < -0.4 is 10.1 Å². The number of amides is 1. The van der Waals surface area contributed by atoms with E-state index in [0.717, 1.165) is 29.9 Å². The van der Waals surface area contributed by atoms with Crippen molar-refractivity contribution >= 4 is 11.9 Å². The third-order valence-electron chi connectivity index (χ3n) is 6.71. The summed E-state index contributed by atoms with van der Waals surface area (Å²) in [6.07, 6.45) is 3.01. The van der Waals surface area contributed by atoms with Crippen LogP contribution in [0.3, 0.4) is 0 Å². The summed E-state index contributed by atoms with van der Waals surface area (Å²) in [5.41, 5.74) is -0.668. The van der Waals surface area contributed by atoms with Crippen LogP contribution >= 0.6 is 0 Å². The molecule has 30 heavy (non-hydrogen) atoms. The van der Waals surface area contributed by atoms with Crippen molar-refractivity contribution in [2.24, 2.45) is 23.2 Å². The molecular weight excluding hydrogens is 399 g/mol. The first kappa shape index (κ1) is 21.0. The van der Waals surface area contributed by atoms with Crippen molar-refractivity contribution in [2.45, 2.75) is 44.7 Å². The number of esters is 1. The molecule has 1 amide bonds. The Hall–Kier alpha value is -2.25. The Bertz CT molecular complexity index is 773. The van der Waals surface area contributed by atoms with Gasteiger partial charge in [0.2, 0.25) is 0 Å². The molecule has 1 aromatic rings. The lowest BCUT2D eigenvalue weighted by Gasteiger charge is -2.56. The lowest BCUT2D eigenvalue weighted by Crippen LogP contribution is -2.51. The summed E-state index contributed by atoms with van der Waals surface area (Å²) in [7, 11) is 0. The van der Waals surface area contributed by atoms with E-state index >= 15 is 0 Å². The van der Waals surface area contributed by atoms with E-state index in [1.807, 2.05) is 0 Å². The zero-order valence-corrected chi connectivity index (χ0v) is 16.7. The molecular formula is C22H26F3NO4. The van der Waals surface area contributed by atoms with E-state index in [4.69, 9.17) is 9.47 Å². The number of carbonyl (C=O) groups excluding carboxylic acids is 2. The smallest absolute Gasteiger partial charge is 0.416 e. The highest BCUT2D eigenvalue weighted by Crippen LogP contribution is 2.59. The van der Waals surface area contributed by atoms with Gasteiger partial charge in [0, 0.05) is 6.54 Å². The topological polar surface area (TPSA) is 64.6 Å². The van der Waals surface area contributed by atoms with Crippen molar-refractivity contribution in [2.75, 3.05) is 19.8 Å². The van der Waals surface area contributed by atoms with Crippen molar-refractivity contribution in [1.29, 1.82) is 0 Å². The van der Waals surface area contributed by atoms with Gasteiger partial charge in [0.05, 0.1) is 5.56 Å². The van der Waals surface area contributed by atoms with Crippen LogP contribution in [-0.2, 0) is 20.5 Å². The highest BCUT2D eigenvalue weighted by atomic mass is 19.4. The van der Waals surface area contributed by atoms with Crippen molar-refractivity contribution in [3.63, 3.8) is 0 Å². The molecule has 0 aromatic heterocycles. The number of nitrogens with one attached hydrogen (secondary N) is 1. The maximum Gasteiger partial charge on any atom is 0.416 e. The van der Waals surface area contributed by atoms with Crippen LogP contribution in [0, 0.1) is 23.2 Å². The molecule has 4 fully saturated rings. The second-order valence-corrected chi connectivity index (χ2v) is 9.17. The molecule has 5 nitrogen and oxygen atoms in total. The molecule has 164 valence electrons. The number of carbonyl (C=O) groups is 2. The number of halogens is 3. The van der Waals surface area contributed by atoms with Crippen LogP contribution in [0.25, 0.3) is 0 Å². The van der Waals surface area contributed by atoms with Crippen LogP contribution in [0.1, 0.15) is 44.1 Å². The minimum absolute atomic E-state index is 0.0898. The van der Waals surface area contributed by atoms with Crippen molar-refractivity contribution in [3.05, 3.63) is 29.8 Å². The van der Waals surface area contributed by atoms with Gasteiger partial charge in [-0.3, -0.25) is 4.79 Å². The number of alkyl halides is 3. The zero-order chi connectivity index (χ0) is 21.4. The molecule has 0 aliphatic heterocycles. The summed E-state index contributed by atoms with van der Waals surface area (Å²) >= 11 is 0. The van der Waals surface area contributed by atoms with Gasteiger partial charge >= 0.3 is 12.1 Å². The molecule has 8 heteroatoms. The molecule has 0 radical (unpaired) electrons. The average molecular weight is 425 g/mol. The maximum absolute atomic E-state index is 12.7. The predicted octanol–water partition coefficient (Wildman–Crippen LogP) is 3.96. The summed E-state index contributed by atoms with van der Waals surface area (Å²) in [5, 5.41) is 2.91. The average Bonchev–Trinajstić information content (AvgIpc) is 2.68. The van der Waals surface area contributed by atoms with Crippen LogP contribution in [0.2, 0.25) is 0 Å². The molecule has 0 heterocycles. The number of hydrogen-bond donors (Lipinski definition) is 1. The summed E-state index contributed by atoms with van der Waals surface area (Å²) < 4.78 is 48.0. The lowest BCUT2D eigenvalue weighted by atomic mass is 9.49. The fourth-order valence-electron chi connectivity index (χ4n) is 5.94. The van der Waals surface area contributed by atoms with Gasteiger partial charge in [-0.1, -0.05) is 6.07 Å². The number of rotatable bonds is 7. The van der Waals surface area contributed by atoms with Gasteiger partial charge < -0.3 is 14.8 Å². The summed E-state index contributed by atoms with van der Waals surface area (Å²) in [6.45, 7) is -0.367. The first-order valence-electron chi connectivity index (χ1n) is 10.4. The third kappa shape index (κ3) is 4.90. The van der Waals surface area contributed by atoms with Gasteiger partial charge in [0.25, 0.3) is 5.91 Å². The van der Waals surface area contributed by atoms with E-state index in [2.05, 4.69) is 5.32 Å². The normalized spacial score (nSPS) is 29.5. The van der Waals surface area contributed by atoms with Crippen LogP contribution in [0.5, 0.6) is 5.75 Å². The van der Waals surface area contributed by atoms with E-state index in [-0.39, 0.29) is 17.1 Å². The lowest BCUT2D eigenvalue weighted by molar-refractivity contribution is -0.150. The minimum Gasteiger partial charge on any atom is -0.482 e. The molecule has 5 rings (SSSR count). The molecule has 0 atom stereocenters. The number of hydrogen-bond acceptors (Lipinski definition) is 4. The van der Waals surface area contributed by atoms with E-state index < -0.39 is 30.9 Å². The molecule has 1 aromatic carbocycles. The largest absolute Gasteiger partial charge is 0.482 e. The fourth-order valence-corrected chi connectivity index (χ4v) is 5.94. The molecule has 1 N–H and O–H groups in total. The molecule has 4 aliphatic carbocycles. The molecule has 0 spiro atoms. The quantitative estimate of drug-likeness (QED) is 0.672. The van der Waals surface area contributed by atoms with Crippen LogP contribution in [0.15, 0.2) is 24.3 Å². The minimum atomic E-state index is -4.49. The molecule has 0 saturated heterocycles. The van der Waals surface area contributed by atoms with Gasteiger partial charge in [0.15, 0.2) is 13.2 Å². The predicted molar refractivity (Wildman–Crippen MR) is 102 cm³/mol. The maximum atomic E-state index is 12.7. The second kappa shape index (κ2) is 8.12. The molecule has 0 unspecified atom stereocenters. The third-order valence-corrected chi connectivity index (χ3v) is 6.71. The molecule has 4 bridgehead atoms. The Kier molecular flexibility index (Phi) is 5.68. The first-order valence-corrected chi connectivity index (χ1v) is 10.4. The standard InChI is InChI=1S/C22H26F3NO4/c23-22(24,25)17-2-1-3-18(7-17)29-12-20(28)30-11-19(27)26-13-21-8-14-4-15(9-21)6-16(5-14)10-21/h1-3,7,14-16H,4-6,8-13H2,(H,26,27). The first-order chi connectivity index (χ1) is 14.2. The van der Waals surface area contributed by atoms with Crippen LogP contribution in [-0.4, -0.2) is 31.6 Å². The number of benzene rings is 1. The summed E-state index contributed by atoms with van der Waals surface area (Å²) in [4.78, 5) is 23.9. The van der Waals surface area contributed by atoms with Crippen molar-refractivity contribution in [3.8, 4) is 5.75 Å². The van der Waals surface area contributed by atoms with Crippen LogP contribution in [0.4, 0.5) is 13.2 Å². The molecule has 4 aliphatic rings. The summed E-state index contributed by atoms with van der Waals surface area (Å²) in [6, 6.07) is 4.24. The fraction of sp³-hybridized carbons (Fsp3) is 0.636.